The van der Waals surface area contributed by atoms with Gasteiger partial charge in [0.1, 0.15) is 0 Å². The van der Waals surface area contributed by atoms with E-state index in [-0.39, 0.29) is 48.0 Å². The number of piperidine rings is 1. The maximum absolute atomic E-state index is 12.9. The van der Waals surface area contributed by atoms with Gasteiger partial charge < -0.3 is 21.7 Å². The summed E-state index contributed by atoms with van der Waals surface area (Å²) >= 11 is 0. The first-order valence-electron chi connectivity index (χ1n) is 9.69. The van der Waals surface area contributed by atoms with Gasteiger partial charge >= 0.3 is 0 Å². The first-order valence-corrected chi connectivity index (χ1v) is 9.69. The van der Waals surface area contributed by atoms with Crippen LogP contribution in [0.1, 0.15) is 48.9 Å². The first-order chi connectivity index (χ1) is 13.0. The third-order valence-electron chi connectivity index (χ3n) is 5.69. The Morgan fingerprint density at radius 1 is 1.00 bits per heavy atom. The highest BCUT2D eigenvalue weighted by Gasteiger charge is 2.29. The minimum Gasteiger partial charge on any atom is -0.369 e. The van der Waals surface area contributed by atoms with Gasteiger partial charge in [0.15, 0.2) is 0 Å². The number of anilines is 1. The van der Waals surface area contributed by atoms with E-state index >= 15 is 0 Å². The lowest BCUT2D eigenvalue weighted by molar-refractivity contribution is -0.123. The van der Waals surface area contributed by atoms with Crippen LogP contribution in [-0.4, -0.2) is 41.8 Å². The van der Waals surface area contributed by atoms with Crippen molar-refractivity contribution in [2.24, 2.45) is 23.3 Å². The Balaban J connectivity index is 0.00000280. The standard InChI is InChI=1S/C20H28N4O3.ClH/c21-15-5-3-4-14(12-15)19(26)23-17-7-2-1-6-16(17)20(27)24-10-8-13(9-11-24)18(22)25;/h1-2,6-7,13-15H,3-5,8-12,21H2,(H2,22,25)(H,23,26);1H. The molecule has 1 aliphatic heterocycles. The number of likely N-dealkylation sites (tertiary alicyclic amines) is 1. The van der Waals surface area contributed by atoms with Gasteiger partial charge in [0.05, 0.1) is 11.3 Å². The second-order valence-corrected chi connectivity index (χ2v) is 7.63. The van der Waals surface area contributed by atoms with Gasteiger partial charge in [0.2, 0.25) is 11.8 Å². The summed E-state index contributed by atoms with van der Waals surface area (Å²) in [5.41, 5.74) is 12.4. The summed E-state index contributed by atoms with van der Waals surface area (Å²) in [6.45, 7) is 0.985. The highest BCUT2D eigenvalue weighted by molar-refractivity contribution is 6.04. The lowest BCUT2D eigenvalue weighted by Gasteiger charge is -2.31. The van der Waals surface area contributed by atoms with E-state index in [2.05, 4.69) is 5.32 Å². The predicted octanol–water partition coefficient (Wildman–Crippen LogP) is 1.90. The molecule has 154 valence electrons. The fraction of sp³-hybridized carbons (Fsp3) is 0.550. The van der Waals surface area contributed by atoms with E-state index in [4.69, 9.17) is 11.5 Å². The maximum Gasteiger partial charge on any atom is 0.255 e. The minimum absolute atomic E-state index is 0. The number of rotatable bonds is 4. The van der Waals surface area contributed by atoms with Crippen molar-refractivity contribution in [3.05, 3.63) is 29.8 Å². The molecule has 0 radical (unpaired) electrons. The molecule has 2 fully saturated rings. The molecule has 7 nitrogen and oxygen atoms in total. The zero-order valence-corrected chi connectivity index (χ0v) is 16.7. The summed E-state index contributed by atoms with van der Waals surface area (Å²) < 4.78 is 0. The number of halogens is 1. The number of hydrogen-bond acceptors (Lipinski definition) is 4. The summed E-state index contributed by atoms with van der Waals surface area (Å²) in [5.74, 6) is -0.782. The molecule has 2 aliphatic rings. The van der Waals surface area contributed by atoms with Crippen LogP contribution in [0.4, 0.5) is 5.69 Å². The van der Waals surface area contributed by atoms with Crippen LogP contribution in [0.2, 0.25) is 0 Å². The molecule has 0 bridgehead atoms. The second kappa shape index (κ2) is 9.89. The van der Waals surface area contributed by atoms with Crippen molar-refractivity contribution in [1.82, 2.24) is 4.90 Å². The molecule has 2 atom stereocenters. The van der Waals surface area contributed by atoms with Crippen LogP contribution in [0.5, 0.6) is 0 Å². The number of para-hydroxylation sites is 1. The van der Waals surface area contributed by atoms with Gasteiger partial charge in [-0.3, -0.25) is 14.4 Å². The van der Waals surface area contributed by atoms with E-state index in [9.17, 15) is 14.4 Å². The van der Waals surface area contributed by atoms with Crippen molar-refractivity contribution in [2.75, 3.05) is 18.4 Å². The lowest BCUT2D eigenvalue weighted by Crippen LogP contribution is -2.42. The monoisotopic (exact) mass is 408 g/mol. The molecule has 1 aromatic carbocycles. The second-order valence-electron chi connectivity index (χ2n) is 7.63. The van der Waals surface area contributed by atoms with Gasteiger partial charge in [-0.15, -0.1) is 12.4 Å². The zero-order chi connectivity index (χ0) is 19.4. The molecule has 2 unspecified atom stereocenters. The highest BCUT2D eigenvalue weighted by Crippen LogP contribution is 2.26. The normalized spacial score (nSPS) is 22.8. The molecule has 0 spiro atoms. The number of nitrogens with two attached hydrogens (primary N) is 2. The van der Waals surface area contributed by atoms with E-state index in [1.807, 2.05) is 0 Å². The van der Waals surface area contributed by atoms with E-state index in [0.29, 0.717) is 43.6 Å². The smallest absolute Gasteiger partial charge is 0.255 e. The maximum atomic E-state index is 12.9. The summed E-state index contributed by atoms with van der Waals surface area (Å²) in [4.78, 5) is 38.6. The van der Waals surface area contributed by atoms with Gasteiger partial charge in [-0.05, 0) is 44.2 Å². The summed E-state index contributed by atoms with van der Waals surface area (Å²) in [6.07, 6.45) is 4.58. The Kier molecular flexibility index (Phi) is 7.83. The third-order valence-corrected chi connectivity index (χ3v) is 5.69. The van der Waals surface area contributed by atoms with E-state index < -0.39 is 0 Å². The van der Waals surface area contributed by atoms with E-state index in [0.717, 1.165) is 19.3 Å². The first kappa shape index (κ1) is 22.2. The Morgan fingerprint density at radius 2 is 1.68 bits per heavy atom. The number of primary amides is 1. The molecule has 1 heterocycles. The molecular formula is C20H29ClN4O3. The quantitative estimate of drug-likeness (QED) is 0.704. The number of nitrogens with one attached hydrogen (secondary N) is 1. The molecule has 1 aromatic rings. The molecule has 1 saturated heterocycles. The minimum atomic E-state index is -0.305. The lowest BCUT2D eigenvalue weighted by atomic mass is 9.85. The van der Waals surface area contributed by atoms with E-state index in [1.54, 1.807) is 29.2 Å². The molecule has 5 N–H and O–H groups in total. The van der Waals surface area contributed by atoms with Crippen LogP contribution in [0.15, 0.2) is 24.3 Å². The van der Waals surface area contributed by atoms with Crippen molar-refractivity contribution in [1.29, 1.82) is 0 Å². The Morgan fingerprint density at radius 3 is 2.32 bits per heavy atom. The molecule has 8 heteroatoms. The highest BCUT2D eigenvalue weighted by atomic mass is 35.5. The van der Waals surface area contributed by atoms with Gasteiger partial charge in [0, 0.05) is 31.0 Å². The Hall–Kier alpha value is -2.12. The zero-order valence-electron chi connectivity index (χ0n) is 15.9. The van der Waals surface area contributed by atoms with Crippen LogP contribution in [0.25, 0.3) is 0 Å². The Bertz CT molecular complexity index is 719. The third kappa shape index (κ3) is 5.23. The van der Waals surface area contributed by atoms with Crippen LogP contribution in [-0.2, 0) is 9.59 Å². The van der Waals surface area contributed by atoms with E-state index in [1.165, 1.54) is 0 Å². The van der Waals surface area contributed by atoms with Gasteiger partial charge in [-0.2, -0.15) is 0 Å². The van der Waals surface area contributed by atoms with Gasteiger partial charge in [-0.1, -0.05) is 18.6 Å². The largest absolute Gasteiger partial charge is 0.369 e. The number of benzene rings is 1. The topological polar surface area (TPSA) is 119 Å². The SMILES string of the molecule is Cl.NC(=O)C1CCN(C(=O)c2ccccc2NC(=O)C2CCCC(N)C2)CC1. The molecular weight excluding hydrogens is 380 g/mol. The van der Waals surface area contributed by atoms with Crippen LogP contribution < -0.4 is 16.8 Å². The number of hydrogen-bond donors (Lipinski definition) is 3. The average Bonchev–Trinajstić information content (AvgIpc) is 2.68. The van der Waals surface area contributed by atoms with Gasteiger partial charge in [-0.25, -0.2) is 0 Å². The van der Waals surface area contributed by atoms with Gasteiger partial charge in [0.25, 0.3) is 5.91 Å². The van der Waals surface area contributed by atoms with Crippen molar-refractivity contribution >= 4 is 35.8 Å². The molecule has 28 heavy (non-hydrogen) atoms. The predicted molar refractivity (Wildman–Crippen MR) is 110 cm³/mol. The number of carbonyl (C=O) groups is 3. The fourth-order valence-electron chi connectivity index (χ4n) is 4.02. The van der Waals surface area contributed by atoms with Crippen LogP contribution >= 0.6 is 12.4 Å². The number of carbonyl (C=O) groups excluding carboxylic acids is 3. The molecule has 3 rings (SSSR count). The Labute approximate surface area is 171 Å². The summed E-state index contributed by atoms with van der Waals surface area (Å²) in [5, 5.41) is 2.93. The van der Waals surface area contributed by atoms with Crippen LogP contribution in [0, 0.1) is 11.8 Å². The number of nitrogens with zero attached hydrogens (tertiary/aromatic N) is 1. The summed E-state index contributed by atoms with van der Waals surface area (Å²) in [6, 6.07) is 7.14. The molecule has 0 aromatic heterocycles. The molecule has 3 amide bonds. The van der Waals surface area contributed by atoms with Crippen molar-refractivity contribution in [2.45, 2.75) is 44.6 Å². The molecule has 1 saturated carbocycles. The fourth-order valence-corrected chi connectivity index (χ4v) is 4.02. The average molecular weight is 409 g/mol. The summed E-state index contributed by atoms with van der Waals surface area (Å²) in [7, 11) is 0. The van der Waals surface area contributed by atoms with Crippen molar-refractivity contribution in [3.63, 3.8) is 0 Å². The van der Waals surface area contributed by atoms with Crippen molar-refractivity contribution in [3.8, 4) is 0 Å². The van der Waals surface area contributed by atoms with Crippen molar-refractivity contribution < 1.29 is 14.4 Å². The van der Waals surface area contributed by atoms with Crippen LogP contribution in [0.3, 0.4) is 0 Å². The number of amides is 3. The molecule has 1 aliphatic carbocycles.